The van der Waals surface area contributed by atoms with Gasteiger partial charge in [0.2, 0.25) is 0 Å². The van der Waals surface area contributed by atoms with Crippen LogP contribution in [0.1, 0.15) is 30.0 Å². The maximum absolute atomic E-state index is 12.5. The van der Waals surface area contributed by atoms with Crippen molar-refractivity contribution in [3.8, 4) is 23.1 Å². The van der Waals surface area contributed by atoms with Crippen LogP contribution in [0.3, 0.4) is 0 Å². The van der Waals surface area contributed by atoms with Gasteiger partial charge in [-0.25, -0.2) is 4.79 Å². The molecule has 0 spiro atoms. The molecule has 0 fully saturated rings. The molecule has 3 rings (SSSR count). The minimum atomic E-state index is -0.548. The summed E-state index contributed by atoms with van der Waals surface area (Å²) in [6, 6.07) is 18.9. The van der Waals surface area contributed by atoms with Gasteiger partial charge in [0.1, 0.15) is 28.9 Å². The Kier molecular flexibility index (Phi) is 7.44. The fraction of sp³-hybridized carbons (Fsp3) is 0.160. The van der Waals surface area contributed by atoms with Crippen LogP contribution in [0.4, 0.5) is 5.69 Å². The summed E-state index contributed by atoms with van der Waals surface area (Å²) in [7, 11) is 0. The molecular weight excluding hydrogens is 408 g/mol. The number of amides is 1. The monoisotopic (exact) mass is 430 g/mol. The molecule has 0 bridgehead atoms. The molecule has 1 N–H and O–H groups in total. The van der Waals surface area contributed by atoms with Gasteiger partial charge in [-0.1, -0.05) is 12.1 Å². The van der Waals surface area contributed by atoms with Gasteiger partial charge in [0.25, 0.3) is 5.91 Å². The van der Waals surface area contributed by atoms with Crippen LogP contribution >= 0.6 is 0 Å². The number of hydrogen-bond acceptors (Lipinski definition) is 6. The molecule has 0 aliphatic carbocycles. The molecule has 2 aromatic carbocycles. The van der Waals surface area contributed by atoms with Crippen molar-refractivity contribution < 1.29 is 23.5 Å². The lowest BCUT2D eigenvalue weighted by Crippen LogP contribution is -2.13. The zero-order valence-corrected chi connectivity index (χ0v) is 17.8. The molecule has 0 atom stereocenters. The minimum Gasteiger partial charge on any atom is -0.494 e. The number of furan rings is 1. The summed E-state index contributed by atoms with van der Waals surface area (Å²) in [5, 5.41) is 12.1. The largest absolute Gasteiger partial charge is 0.494 e. The predicted octanol–water partition coefficient (Wildman–Crippen LogP) is 5.07. The first kappa shape index (κ1) is 22.4. The number of nitriles is 1. The molecule has 162 valence electrons. The average Bonchev–Trinajstić information content (AvgIpc) is 3.28. The third-order valence-corrected chi connectivity index (χ3v) is 4.38. The van der Waals surface area contributed by atoms with E-state index >= 15 is 0 Å². The van der Waals surface area contributed by atoms with E-state index in [0.29, 0.717) is 41.7 Å². The van der Waals surface area contributed by atoms with E-state index in [0.717, 1.165) is 5.56 Å². The van der Waals surface area contributed by atoms with Crippen molar-refractivity contribution in [2.45, 2.75) is 13.8 Å². The van der Waals surface area contributed by atoms with E-state index in [9.17, 15) is 14.9 Å². The number of hydrogen-bond donors (Lipinski definition) is 1. The topological polar surface area (TPSA) is 102 Å². The third kappa shape index (κ3) is 5.64. The maximum Gasteiger partial charge on any atom is 0.338 e. The van der Waals surface area contributed by atoms with Crippen molar-refractivity contribution in [1.29, 1.82) is 5.26 Å². The fourth-order valence-corrected chi connectivity index (χ4v) is 2.86. The van der Waals surface area contributed by atoms with E-state index in [4.69, 9.17) is 13.9 Å². The summed E-state index contributed by atoms with van der Waals surface area (Å²) in [5.74, 6) is 0.649. The van der Waals surface area contributed by atoms with Crippen LogP contribution in [-0.2, 0) is 9.53 Å². The van der Waals surface area contributed by atoms with E-state index in [2.05, 4.69) is 5.32 Å². The molecule has 1 heterocycles. The highest BCUT2D eigenvalue weighted by molar-refractivity contribution is 6.09. The Labute approximate surface area is 185 Å². The van der Waals surface area contributed by atoms with Crippen LogP contribution in [0.15, 0.2) is 70.7 Å². The van der Waals surface area contributed by atoms with Gasteiger partial charge >= 0.3 is 5.97 Å². The number of carbonyl (C=O) groups is 2. The molecule has 7 heteroatoms. The number of carbonyl (C=O) groups excluding carboxylic acids is 2. The van der Waals surface area contributed by atoms with E-state index < -0.39 is 5.91 Å². The highest BCUT2D eigenvalue weighted by atomic mass is 16.5. The van der Waals surface area contributed by atoms with Crippen LogP contribution in [0, 0.1) is 11.3 Å². The summed E-state index contributed by atoms with van der Waals surface area (Å²) < 4.78 is 16.1. The Hall–Kier alpha value is -4.31. The van der Waals surface area contributed by atoms with Gasteiger partial charge in [0.15, 0.2) is 0 Å². The van der Waals surface area contributed by atoms with Crippen molar-refractivity contribution in [2.24, 2.45) is 0 Å². The van der Waals surface area contributed by atoms with Crippen molar-refractivity contribution in [1.82, 2.24) is 0 Å². The Morgan fingerprint density at radius 3 is 2.34 bits per heavy atom. The normalized spacial score (nSPS) is 10.8. The van der Waals surface area contributed by atoms with Crippen LogP contribution in [0.5, 0.6) is 5.75 Å². The minimum absolute atomic E-state index is 0.0996. The molecule has 1 amide bonds. The second-order valence-corrected chi connectivity index (χ2v) is 6.58. The molecule has 0 saturated carbocycles. The standard InChI is InChI=1S/C25H22N2O5/c1-3-30-21-11-9-20(10-12-21)27-24(28)19(16-26)15-22-13-14-23(32-22)17-5-7-18(8-6-17)25(29)31-4-2/h5-15H,3-4H2,1-2H3,(H,27,28)/b19-15-. The van der Waals surface area contributed by atoms with Crippen LogP contribution in [-0.4, -0.2) is 25.1 Å². The van der Waals surface area contributed by atoms with Crippen molar-refractivity contribution in [3.63, 3.8) is 0 Å². The Balaban J connectivity index is 1.71. The van der Waals surface area contributed by atoms with E-state index in [1.165, 1.54) is 6.08 Å². The quantitative estimate of drug-likeness (QED) is 0.304. The molecular formula is C25H22N2O5. The predicted molar refractivity (Wildman–Crippen MR) is 120 cm³/mol. The zero-order valence-electron chi connectivity index (χ0n) is 17.8. The van der Waals surface area contributed by atoms with Gasteiger partial charge in [0.05, 0.1) is 18.8 Å². The van der Waals surface area contributed by atoms with Crippen molar-refractivity contribution >= 4 is 23.6 Å². The first-order chi connectivity index (χ1) is 15.5. The van der Waals surface area contributed by atoms with Gasteiger partial charge in [-0.05, 0) is 62.4 Å². The average molecular weight is 430 g/mol. The smallest absolute Gasteiger partial charge is 0.338 e. The van der Waals surface area contributed by atoms with Gasteiger partial charge in [-0.2, -0.15) is 5.26 Å². The van der Waals surface area contributed by atoms with E-state index in [1.54, 1.807) is 67.6 Å². The van der Waals surface area contributed by atoms with Crippen molar-refractivity contribution in [2.75, 3.05) is 18.5 Å². The Bertz CT molecular complexity index is 1150. The Morgan fingerprint density at radius 1 is 1.00 bits per heavy atom. The molecule has 7 nitrogen and oxygen atoms in total. The summed E-state index contributed by atoms with van der Waals surface area (Å²) in [5.41, 5.74) is 1.63. The lowest BCUT2D eigenvalue weighted by Gasteiger charge is -2.06. The molecule has 3 aromatic rings. The maximum atomic E-state index is 12.5. The molecule has 0 aliphatic rings. The van der Waals surface area contributed by atoms with Crippen LogP contribution in [0.25, 0.3) is 17.4 Å². The van der Waals surface area contributed by atoms with Crippen molar-refractivity contribution in [3.05, 3.63) is 77.6 Å². The first-order valence-electron chi connectivity index (χ1n) is 10.1. The molecule has 32 heavy (non-hydrogen) atoms. The van der Waals surface area contributed by atoms with Gasteiger partial charge in [-0.3, -0.25) is 4.79 Å². The first-order valence-corrected chi connectivity index (χ1v) is 10.1. The number of ether oxygens (including phenoxy) is 2. The second kappa shape index (κ2) is 10.6. The highest BCUT2D eigenvalue weighted by Gasteiger charge is 2.12. The van der Waals surface area contributed by atoms with E-state index in [1.807, 2.05) is 13.0 Å². The fourth-order valence-electron chi connectivity index (χ4n) is 2.86. The summed E-state index contributed by atoms with van der Waals surface area (Å²) in [6.07, 6.45) is 1.38. The number of nitrogens with zero attached hydrogens (tertiary/aromatic N) is 1. The summed E-state index contributed by atoms with van der Waals surface area (Å²) in [4.78, 5) is 24.2. The molecule has 0 unspecified atom stereocenters. The number of rotatable bonds is 8. The number of nitrogens with one attached hydrogen (secondary N) is 1. The molecule has 0 saturated heterocycles. The van der Waals surface area contributed by atoms with Crippen LogP contribution < -0.4 is 10.1 Å². The molecule has 0 aliphatic heterocycles. The summed E-state index contributed by atoms with van der Waals surface area (Å²) >= 11 is 0. The van der Waals surface area contributed by atoms with Gasteiger partial charge < -0.3 is 19.2 Å². The number of benzene rings is 2. The molecule has 1 aromatic heterocycles. The third-order valence-electron chi connectivity index (χ3n) is 4.38. The molecule has 0 radical (unpaired) electrons. The Morgan fingerprint density at radius 2 is 1.72 bits per heavy atom. The van der Waals surface area contributed by atoms with Gasteiger partial charge in [-0.15, -0.1) is 0 Å². The van der Waals surface area contributed by atoms with Crippen LogP contribution in [0.2, 0.25) is 0 Å². The van der Waals surface area contributed by atoms with Gasteiger partial charge in [0, 0.05) is 17.3 Å². The zero-order chi connectivity index (χ0) is 22.9. The second-order valence-electron chi connectivity index (χ2n) is 6.58. The lowest BCUT2D eigenvalue weighted by molar-refractivity contribution is -0.112. The van der Waals surface area contributed by atoms with E-state index in [-0.39, 0.29) is 11.5 Å². The number of anilines is 1. The SMILES string of the molecule is CCOC(=O)c1ccc(-c2ccc(/C=C(/C#N)C(=O)Nc3ccc(OCC)cc3)o2)cc1. The lowest BCUT2D eigenvalue weighted by atomic mass is 10.1. The summed E-state index contributed by atoms with van der Waals surface area (Å²) in [6.45, 7) is 4.49. The highest BCUT2D eigenvalue weighted by Crippen LogP contribution is 2.24. The number of esters is 1.